The smallest absolute Gasteiger partial charge is 0.337 e. The van der Waals surface area contributed by atoms with E-state index in [1.807, 2.05) is 18.2 Å². The second-order valence-corrected chi connectivity index (χ2v) is 6.77. The SMILES string of the molecule is COC(=O)c1cccc(Nc2nccc(-c3ccc4c(c3)N(CCN)C(=O)CO4)n2)c1. The lowest BCUT2D eigenvalue weighted by Gasteiger charge is -2.29. The number of esters is 1. The number of fused-ring (bicyclic) bond motifs is 1. The van der Waals surface area contributed by atoms with Crippen molar-refractivity contribution in [3.05, 3.63) is 60.3 Å². The number of anilines is 3. The molecule has 3 N–H and O–H groups in total. The Hall–Kier alpha value is -3.98. The minimum Gasteiger partial charge on any atom is -0.482 e. The average molecular weight is 419 g/mol. The molecule has 4 rings (SSSR count). The van der Waals surface area contributed by atoms with E-state index in [0.717, 1.165) is 5.56 Å². The number of nitrogens with two attached hydrogens (primary N) is 1. The molecule has 3 aromatic rings. The Morgan fingerprint density at radius 3 is 2.94 bits per heavy atom. The predicted molar refractivity (Wildman–Crippen MR) is 115 cm³/mol. The molecule has 1 aromatic heterocycles. The molecule has 0 bridgehead atoms. The number of ether oxygens (including phenoxy) is 2. The van der Waals surface area contributed by atoms with Gasteiger partial charge in [-0.3, -0.25) is 4.79 Å². The van der Waals surface area contributed by atoms with Gasteiger partial charge in [-0.1, -0.05) is 6.07 Å². The fourth-order valence-electron chi connectivity index (χ4n) is 3.29. The quantitative estimate of drug-likeness (QED) is 0.585. The summed E-state index contributed by atoms with van der Waals surface area (Å²) in [6, 6.07) is 14.2. The van der Waals surface area contributed by atoms with Gasteiger partial charge in [-0.25, -0.2) is 14.8 Å². The van der Waals surface area contributed by atoms with E-state index in [-0.39, 0.29) is 12.5 Å². The molecule has 0 spiro atoms. The second kappa shape index (κ2) is 8.80. The summed E-state index contributed by atoms with van der Waals surface area (Å²) in [5.74, 6) is 0.434. The Morgan fingerprint density at radius 1 is 1.26 bits per heavy atom. The first-order chi connectivity index (χ1) is 15.1. The van der Waals surface area contributed by atoms with Gasteiger partial charge in [0.2, 0.25) is 5.95 Å². The lowest BCUT2D eigenvalue weighted by molar-refractivity contribution is -0.121. The third kappa shape index (κ3) is 4.31. The first kappa shape index (κ1) is 20.3. The van der Waals surface area contributed by atoms with Crippen LogP contribution in [0.2, 0.25) is 0 Å². The number of benzene rings is 2. The molecule has 1 aliphatic heterocycles. The van der Waals surface area contributed by atoms with Crippen LogP contribution >= 0.6 is 0 Å². The van der Waals surface area contributed by atoms with Gasteiger partial charge in [0.25, 0.3) is 5.91 Å². The van der Waals surface area contributed by atoms with E-state index in [1.165, 1.54) is 7.11 Å². The van der Waals surface area contributed by atoms with Crippen molar-refractivity contribution in [2.75, 3.05) is 37.0 Å². The molecule has 0 radical (unpaired) electrons. The zero-order valence-electron chi connectivity index (χ0n) is 16.9. The van der Waals surface area contributed by atoms with Gasteiger partial charge in [-0.05, 0) is 42.5 Å². The molecule has 0 fully saturated rings. The van der Waals surface area contributed by atoms with Crippen molar-refractivity contribution in [1.82, 2.24) is 9.97 Å². The molecule has 9 nitrogen and oxygen atoms in total. The van der Waals surface area contributed by atoms with E-state index in [9.17, 15) is 9.59 Å². The van der Waals surface area contributed by atoms with Crippen LogP contribution in [0.5, 0.6) is 5.75 Å². The Labute approximate surface area is 178 Å². The van der Waals surface area contributed by atoms with E-state index in [2.05, 4.69) is 15.3 Å². The van der Waals surface area contributed by atoms with Gasteiger partial charge < -0.3 is 25.4 Å². The van der Waals surface area contributed by atoms with E-state index >= 15 is 0 Å². The zero-order valence-corrected chi connectivity index (χ0v) is 16.9. The van der Waals surface area contributed by atoms with Gasteiger partial charge in [-0.15, -0.1) is 0 Å². The summed E-state index contributed by atoms with van der Waals surface area (Å²) in [5.41, 5.74) is 8.86. The van der Waals surface area contributed by atoms with Crippen LogP contribution in [-0.4, -0.2) is 48.7 Å². The maximum absolute atomic E-state index is 12.2. The molecule has 0 saturated heterocycles. The Kier molecular flexibility index (Phi) is 5.76. The van der Waals surface area contributed by atoms with Gasteiger partial charge >= 0.3 is 5.97 Å². The number of nitrogens with one attached hydrogen (secondary N) is 1. The molecule has 0 aliphatic carbocycles. The lowest BCUT2D eigenvalue weighted by atomic mass is 10.1. The molecule has 158 valence electrons. The Balaban J connectivity index is 1.62. The van der Waals surface area contributed by atoms with Crippen molar-refractivity contribution in [3.8, 4) is 17.0 Å². The highest BCUT2D eigenvalue weighted by Crippen LogP contribution is 2.35. The van der Waals surface area contributed by atoms with Crippen LogP contribution in [-0.2, 0) is 9.53 Å². The summed E-state index contributed by atoms with van der Waals surface area (Å²) in [5, 5.41) is 3.10. The number of nitrogens with zero attached hydrogens (tertiary/aromatic N) is 3. The number of carbonyl (C=O) groups is 2. The van der Waals surface area contributed by atoms with Crippen LogP contribution < -0.4 is 20.7 Å². The van der Waals surface area contributed by atoms with Crippen molar-refractivity contribution < 1.29 is 19.1 Å². The minimum absolute atomic E-state index is 0.00143. The third-order valence-corrected chi connectivity index (χ3v) is 4.75. The molecular weight excluding hydrogens is 398 g/mol. The van der Waals surface area contributed by atoms with Crippen LogP contribution in [0.15, 0.2) is 54.7 Å². The van der Waals surface area contributed by atoms with Gasteiger partial charge in [-0.2, -0.15) is 0 Å². The van der Waals surface area contributed by atoms with Crippen LogP contribution in [0.3, 0.4) is 0 Å². The van der Waals surface area contributed by atoms with Crippen LogP contribution in [0.25, 0.3) is 11.3 Å². The number of hydrogen-bond acceptors (Lipinski definition) is 8. The summed E-state index contributed by atoms with van der Waals surface area (Å²) in [6.07, 6.45) is 1.63. The van der Waals surface area contributed by atoms with E-state index < -0.39 is 5.97 Å². The highest BCUT2D eigenvalue weighted by atomic mass is 16.5. The topological polar surface area (TPSA) is 120 Å². The van der Waals surface area contributed by atoms with Crippen LogP contribution in [0.4, 0.5) is 17.3 Å². The number of hydrogen-bond donors (Lipinski definition) is 2. The van der Waals surface area contributed by atoms with Gasteiger partial charge in [0.1, 0.15) is 5.75 Å². The van der Waals surface area contributed by atoms with Crippen LogP contribution in [0, 0.1) is 0 Å². The summed E-state index contributed by atoms with van der Waals surface area (Å²) < 4.78 is 10.3. The van der Waals surface area contributed by atoms with Gasteiger partial charge in [0.15, 0.2) is 6.61 Å². The highest BCUT2D eigenvalue weighted by molar-refractivity contribution is 5.98. The third-order valence-electron chi connectivity index (χ3n) is 4.75. The van der Waals surface area contributed by atoms with E-state index in [1.54, 1.807) is 41.4 Å². The van der Waals surface area contributed by atoms with Gasteiger partial charge in [0, 0.05) is 30.5 Å². The van der Waals surface area contributed by atoms with E-state index in [0.29, 0.717) is 47.4 Å². The number of rotatable bonds is 6. The highest BCUT2D eigenvalue weighted by Gasteiger charge is 2.25. The molecular formula is C22H21N5O4. The Morgan fingerprint density at radius 2 is 2.13 bits per heavy atom. The molecule has 9 heteroatoms. The Bertz CT molecular complexity index is 1130. The molecule has 0 unspecified atom stereocenters. The fraction of sp³-hybridized carbons (Fsp3) is 0.182. The van der Waals surface area contributed by atoms with Crippen molar-refractivity contribution >= 4 is 29.2 Å². The zero-order chi connectivity index (χ0) is 21.8. The second-order valence-electron chi connectivity index (χ2n) is 6.77. The molecule has 0 saturated carbocycles. The maximum Gasteiger partial charge on any atom is 0.337 e. The molecule has 31 heavy (non-hydrogen) atoms. The minimum atomic E-state index is -0.425. The summed E-state index contributed by atoms with van der Waals surface area (Å²) >= 11 is 0. The molecule has 0 atom stereocenters. The van der Waals surface area contributed by atoms with Gasteiger partial charge in [0.05, 0.1) is 24.1 Å². The average Bonchev–Trinajstić information content (AvgIpc) is 2.80. The summed E-state index contributed by atoms with van der Waals surface area (Å²) in [6.45, 7) is 0.756. The number of methoxy groups -OCH3 is 1. The van der Waals surface area contributed by atoms with Crippen molar-refractivity contribution in [2.45, 2.75) is 0 Å². The number of amides is 1. The maximum atomic E-state index is 12.2. The number of carbonyl (C=O) groups excluding carboxylic acids is 2. The summed E-state index contributed by atoms with van der Waals surface area (Å²) in [7, 11) is 1.33. The molecule has 1 aliphatic rings. The number of aromatic nitrogens is 2. The van der Waals surface area contributed by atoms with Crippen molar-refractivity contribution in [2.24, 2.45) is 5.73 Å². The normalized spacial score (nSPS) is 12.7. The molecule has 2 heterocycles. The van der Waals surface area contributed by atoms with Crippen molar-refractivity contribution in [1.29, 1.82) is 0 Å². The molecule has 1 amide bonds. The first-order valence-corrected chi connectivity index (χ1v) is 9.65. The monoisotopic (exact) mass is 419 g/mol. The largest absolute Gasteiger partial charge is 0.482 e. The first-order valence-electron chi connectivity index (χ1n) is 9.65. The predicted octanol–water partition coefficient (Wildman–Crippen LogP) is 2.36. The molecule has 2 aromatic carbocycles. The van der Waals surface area contributed by atoms with Crippen molar-refractivity contribution in [3.63, 3.8) is 0 Å². The van der Waals surface area contributed by atoms with E-state index in [4.69, 9.17) is 15.2 Å². The van der Waals surface area contributed by atoms with Crippen LogP contribution in [0.1, 0.15) is 10.4 Å². The standard InChI is InChI=1S/C22H21N5O4/c1-30-21(29)15-3-2-4-16(11-15)25-22-24-9-7-17(26-22)14-5-6-19-18(12-14)27(10-8-23)20(28)13-31-19/h2-7,9,11-12H,8,10,13,23H2,1H3,(H,24,25,26). The summed E-state index contributed by atoms with van der Waals surface area (Å²) in [4.78, 5) is 34.4. The lowest BCUT2D eigenvalue weighted by Crippen LogP contribution is -2.41. The fourth-order valence-corrected chi connectivity index (χ4v) is 3.29.